The normalized spacial score (nSPS) is 11.9. The summed E-state index contributed by atoms with van der Waals surface area (Å²) in [4.78, 5) is 0. The number of nitrogens with zero attached hydrogens (tertiary/aromatic N) is 2. The van der Waals surface area contributed by atoms with Crippen LogP contribution in [0.1, 0.15) is 101 Å². The molecule has 0 saturated carbocycles. The van der Waals surface area contributed by atoms with Crippen LogP contribution < -0.4 is 40.7 Å². The minimum absolute atomic E-state index is 0. The van der Waals surface area contributed by atoms with E-state index in [0.29, 0.717) is 23.7 Å². The third kappa shape index (κ3) is 7.94. The molecule has 1 heterocycles. The van der Waals surface area contributed by atoms with Crippen molar-refractivity contribution < 1.29 is 38.4 Å². The van der Waals surface area contributed by atoms with E-state index in [1.165, 1.54) is 53.9 Å². The van der Waals surface area contributed by atoms with Gasteiger partial charge in [-0.2, -0.15) is 0 Å². The van der Waals surface area contributed by atoms with Crippen molar-refractivity contribution in [3.63, 3.8) is 0 Å². The molecule has 0 atom stereocenters. The molecule has 6 rings (SSSR count). The standard InChI is InChI=1S/C27H36N2.C18H15P.2ClH.Ni/c1-18(2)22-11-9-12-23(19(3)4)26(22)28-15-16-29(17-28)27-24(20(5)6)13-10-14-25(27)21(7)8;1-4-10-16(11-5-1)19(17-12-6-2-7-13-17)18-14-8-3-9-15-18;;;/h9-16,18-21H,1-8H3;1-15H;2*1H;/q;;;;+1/p-1. The number of halogens is 2. The van der Waals surface area contributed by atoms with Gasteiger partial charge in [0, 0.05) is 0 Å². The second-order valence-electron chi connectivity index (χ2n) is 14.3. The number of hydrogen-bond acceptors (Lipinski definition) is 0. The molecule has 0 N–H and O–H groups in total. The number of hydrogen-bond donors (Lipinski definition) is 0. The van der Waals surface area contributed by atoms with Gasteiger partial charge in [-0.15, -0.1) is 0 Å². The van der Waals surface area contributed by atoms with Crippen molar-refractivity contribution in [2.45, 2.75) is 79.1 Å². The van der Waals surface area contributed by atoms with Crippen molar-refractivity contribution in [3.8, 4) is 11.4 Å². The van der Waals surface area contributed by atoms with E-state index in [0.717, 1.165) is 0 Å². The fourth-order valence-corrected chi connectivity index (χ4v) is 15.4. The molecular formula is C45H52Cl2N2NiP. The fraction of sp³-hybridized carbons (Fsp3) is 0.267. The Balaban J connectivity index is 0.00000292. The maximum absolute atomic E-state index is 2.74. The molecule has 2 nitrogen and oxygen atoms in total. The maximum atomic E-state index is 2.56. The molecule has 271 valence electrons. The summed E-state index contributed by atoms with van der Waals surface area (Å²) >= 11 is 1.79. The summed E-state index contributed by atoms with van der Waals surface area (Å²) in [7, 11) is 0. The Kier molecular flexibility index (Phi) is 14.0. The second-order valence-corrected chi connectivity index (χ2v) is 20.8. The van der Waals surface area contributed by atoms with Gasteiger partial charge in [-0.25, -0.2) is 0 Å². The second kappa shape index (κ2) is 17.6. The van der Waals surface area contributed by atoms with Gasteiger partial charge in [0.1, 0.15) is 0 Å². The molecule has 0 aliphatic carbocycles. The molecule has 0 fully saturated rings. The van der Waals surface area contributed by atoms with E-state index in [9.17, 15) is 0 Å². The van der Waals surface area contributed by atoms with E-state index in [-0.39, 0.29) is 24.8 Å². The Morgan fingerprint density at radius 1 is 0.392 bits per heavy atom. The zero-order valence-electron chi connectivity index (χ0n) is 31.1. The molecule has 0 aliphatic heterocycles. The Hall–Kier alpha value is -3.19. The molecule has 6 aromatic rings. The van der Waals surface area contributed by atoms with Crippen LogP contribution in [0.3, 0.4) is 0 Å². The number of aromatic nitrogens is 2. The van der Waals surface area contributed by atoms with Crippen molar-refractivity contribution in [3.05, 3.63) is 166 Å². The predicted molar refractivity (Wildman–Crippen MR) is 211 cm³/mol. The van der Waals surface area contributed by atoms with Gasteiger partial charge in [0.05, 0.1) is 0 Å². The number of para-hydroxylation sites is 2. The molecule has 0 bridgehead atoms. The topological polar surface area (TPSA) is 9.86 Å². The van der Waals surface area contributed by atoms with Gasteiger partial charge < -0.3 is 24.8 Å². The van der Waals surface area contributed by atoms with Crippen LogP contribution in [0.15, 0.2) is 140 Å². The van der Waals surface area contributed by atoms with Crippen LogP contribution in [0.2, 0.25) is 0 Å². The van der Waals surface area contributed by atoms with Gasteiger partial charge in [-0.3, -0.25) is 0 Å². The molecule has 1 aromatic heterocycles. The monoisotopic (exact) mass is 779 g/mol. The van der Waals surface area contributed by atoms with E-state index >= 15 is 0 Å². The molecule has 0 radical (unpaired) electrons. The number of benzene rings is 5. The molecule has 0 unspecified atom stereocenters. The third-order valence-corrected chi connectivity index (χ3v) is 18.0. The zero-order chi connectivity index (χ0) is 34.7. The van der Waals surface area contributed by atoms with Crippen molar-refractivity contribution in [2.24, 2.45) is 0 Å². The quantitative estimate of drug-likeness (QED) is 0.137. The Labute approximate surface area is 324 Å². The van der Waals surface area contributed by atoms with Crippen molar-refractivity contribution in [1.82, 2.24) is 9.13 Å². The molecule has 6 heteroatoms. The van der Waals surface area contributed by atoms with Crippen LogP contribution in [0.4, 0.5) is 0 Å². The first kappa shape index (κ1) is 40.6. The Bertz CT molecular complexity index is 1850. The molecule has 0 spiro atoms. The minimum Gasteiger partial charge on any atom is -1.00 e. The van der Waals surface area contributed by atoms with Gasteiger partial charge >= 0.3 is 302 Å². The van der Waals surface area contributed by atoms with Crippen molar-refractivity contribution in [1.29, 1.82) is 0 Å². The molecule has 51 heavy (non-hydrogen) atoms. The summed E-state index contributed by atoms with van der Waals surface area (Å²) in [6.45, 7) is 18.6. The summed E-state index contributed by atoms with van der Waals surface area (Å²) in [5.74, 6) is 1.49. The molecular weight excluding hydrogens is 729 g/mol. The third-order valence-electron chi connectivity index (χ3n) is 9.55. The van der Waals surface area contributed by atoms with Gasteiger partial charge in [0.25, 0.3) is 0 Å². The molecule has 5 aromatic carbocycles. The summed E-state index contributed by atoms with van der Waals surface area (Å²) in [5.41, 5.74) is 8.17. The average Bonchev–Trinajstić information content (AvgIpc) is 3.53. The van der Waals surface area contributed by atoms with Gasteiger partial charge in [-0.1, -0.05) is 0 Å². The van der Waals surface area contributed by atoms with Crippen molar-refractivity contribution >= 4 is 22.0 Å². The van der Waals surface area contributed by atoms with Crippen LogP contribution in [0, 0.1) is 4.40 Å². The largest absolute Gasteiger partial charge is 1.00 e. The maximum Gasteiger partial charge on any atom is -1.00 e. The van der Waals surface area contributed by atoms with E-state index in [4.69, 9.17) is 0 Å². The van der Waals surface area contributed by atoms with Crippen LogP contribution >= 0.6 is 6.04 Å². The van der Waals surface area contributed by atoms with E-state index < -0.39 is 6.04 Å². The van der Waals surface area contributed by atoms with Crippen LogP contribution in [-0.2, 0) is 13.6 Å². The minimum atomic E-state index is -2.74. The Morgan fingerprint density at radius 2 is 0.667 bits per heavy atom. The zero-order valence-corrected chi connectivity index (χ0v) is 34.6. The fourth-order valence-electron chi connectivity index (χ4n) is 7.05. The smallest absolute Gasteiger partial charge is 1.00 e. The SMILES string of the molecule is CC(C)c1cccc(C(C)C)c1-n1ccn(-c2c(C(C)C)cccc2C(C)C)[c]1=[Ni+2][PH](c1ccccc1)(c1ccccc1)c1ccccc1.[Cl-].[Cl-]. The van der Waals surface area contributed by atoms with Gasteiger partial charge in [-0.05, 0) is 0 Å². The first-order chi connectivity index (χ1) is 23.6. The summed E-state index contributed by atoms with van der Waals surface area (Å²) < 4.78 is 6.38. The van der Waals surface area contributed by atoms with Gasteiger partial charge in [0.2, 0.25) is 0 Å². The van der Waals surface area contributed by atoms with Crippen LogP contribution in [0.25, 0.3) is 11.4 Å². The van der Waals surface area contributed by atoms with Crippen LogP contribution in [-0.4, -0.2) is 9.13 Å². The summed E-state index contributed by atoms with van der Waals surface area (Å²) in [5, 5.41) is 4.19. The van der Waals surface area contributed by atoms with E-state index in [1.54, 1.807) is 13.6 Å². The van der Waals surface area contributed by atoms with E-state index in [1.807, 2.05) is 0 Å². The Morgan fingerprint density at radius 3 is 0.922 bits per heavy atom. The summed E-state index contributed by atoms with van der Waals surface area (Å²) in [6, 6.07) is 45.1. The van der Waals surface area contributed by atoms with E-state index in [2.05, 4.69) is 204 Å². The van der Waals surface area contributed by atoms with Crippen LogP contribution in [0.5, 0.6) is 0 Å². The van der Waals surface area contributed by atoms with Crippen molar-refractivity contribution in [2.75, 3.05) is 0 Å². The average molecular weight is 781 g/mol. The number of rotatable bonds is 10. The predicted octanol–water partition coefficient (Wildman–Crippen LogP) is 5.03. The summed E-state index contributed by atoms with van der Waals surface area (Å²) in [6.07, 6.45) is 4.70. The first-order valence-electron chi connectivity index (χ1n) is 17.8. The molecule has 0 amide bonds. The number of imidazole rings is 1. The molecule has 0 saturated heterocycles. The first-order valence-corrected chi connectivity index (χ1v) is 21.6. The van der Waals surface area contributed by atoms with Gasteiger partial charge in [0.15, 0.2) is 0 Å². The molecule has 0 aliphatic rings.